The van der Waals surface area contributed by atoms with Crippen molar-refractivity contribution in [3.05, 3.63) is 75.8 Å². The third kappa shape index (κ3) is 3.69. The molecule has 0 amide bonds. The lowest BCUT2D eigenvalue weighted by atomic mass is 9.97. The minimum atomic E-state index is -0.374. The average Bonchev–Trinajstić information content (AvgIpc) is 3.23. The summed E-state index contributed by atoms with van der Waals surface area (Å²) in [5, 5.41) is 0. The first-order valence-corrected chi connectivity index (χ1v) is 9.43. The van der Waals surface area contributed by atoms with E-state index in [0.717, 1.165) is 27.8 Å². The highest BCUT2D eigenvalue weighted by Gasteiger charge is 2.36. The number of ether oxygens (including phenoxy) is 3. The summed E-state index contributed by atoms with van der Waals surface area (Å²) in [6, 6.07) is 13.7. The first-order chi connectivity index (χ1) is 12.7. The van der Waals surface area contributed by atoms with Gasteiger partial charge in [0, 0.05) is 27.9 Å². The summed E-state index contributed by atoms with van der Waals surface area (Å²) >= 11 is 3.56. The maximum atomic E-state index is 11.9. The summed E-state index contributed by atoms with van der Waals surface area (Å²) in [6.45, 7) is 0.486. The zero-order valence-corrected chi connectivity index (χ0v) is 15.8. The molecule has 2 aliphatic rings. The predicted octanol–water partition coefficient (Wildman–Crippen LogP) is 4.51. The summed E-state index contributed by atoms with van der Waals surface area (Å²) in [6.07, 6.45) is 5.49. The Kier molecular flexibility index (Phi) is 5.09. The van der Waals surface area contributed by atoms with Gasteiger partial charge in [0.25, 0.3) is 0 Å². The number of rotatable bonds is 6. The van der Waals surface area contributed by atoms with Crippen molar-refractivity contribution >= 4 is 21.9 Å². The third-order valence-corrected chi connectivity index (χ3v) is 5.08. The van der Waals surface area contributed by atoms with Gasteiger partial charge >= 0.3 is 5.97 Å². The van der Waals surface area contributed by atoms with Gasteiger partial charge in [-0.25, -0.2) is 4.79 Å². The molecule has 0 saturated carbocycles. The fraction of sp³-hybridized carbons (Fsp3) is 0.286. The molecule has 134 valence electrons. The highest BCUT2D eigenvalue weighted by molar-refractivity contribution is 9.10. The molecule has 1 aliphatic carbocycles. The van der Waals surface area contributed by atoms with E-state index in [1.807, 2.05) is 36.4 Å². The largest absolute Gasteiger partial charge is 0.488 e. The molecular formula is C21H19BrO4. The number of halogens is 1. The van der Waals surface area contributed by atoms with Crippen LogP contribution in [-0.2, 0) is 27.5 Å². The van der Waals surface area contributed by atoms with Crippen LogP contribution in [0, 0.1) is 0 Å². The smallest absolute Gasteiger partial charge is 0.332 e. The summed E-state index contributed by atoms with van der Waals surface area (Å²) in [4.78, 5) is 11.9. The van der Waals surface area contributed by atoms with Gasteiger partial charge in [0.1, 0.15) is 25.1 Å². The van der Waals surface area contributed by atoms with Gasteiger partial charge in [-0.05, 0) is 17.7 Å². The van der Waals surface area contributed by atoms with Gasteiger partial charge < -0.3 is 14.2 Å². The second-order valence-corrected chi connectivity index (χ2v) is 7.38. The Morgan fingerprint density at radius 3 is 2.88 bits per heavy atom. The topological polar surface area (TPSA) is 44.8 Å². The molecule has 0 spiro atoms. The molecule has 0 radical (unpaired) electrons. The Bertz CT molecular complexity index is 831. The molecule has 0 bridgehead atoms. The van der Waals surface area contributed by atoms with Crippen molar-refractivity contribution in [3.63, 3.8) is 0 Å². The van der Waals surface area contributed by atoms with Crippen LogP contribution in [0.25, 0.3) is 0 Å². The summed E-state index contributed by atoms with van der Waals surface area (Å²) in [7, 11) is 0. The molecule has 0 aromatic heterocycles. The number of fused-ring (bicyclic) bond motifs is 3. The number of hydrogen-bond acceptors (Lipinski definition) is 4. The zero-order chi connectivity index (χ0) is 17.9. The molecule has 4 nitrogen and oxygen atoms in total. The monoisotopic (exact) mass is 414 g/mol. The highest BCUT2D eigenvalue weighted by atomic mass is 79.9. The molecule has 0 unspecified atom stereocenters. The van der Waals surface area contributed by atoms with Crippen molar-refractivity contribution in [1.29, 1.82) is 0 Å². The molecule has 1 aliphatic heterocycles. The van der Waals surface area contributed by atoms with Crippen molar-refractivity contribution in [2.75, 3.05) is 6.61 Å². The van der Waals surface area contributed by atoms with Gasteiger partial charge in [-0.3, -0.25) is 0 Å². The molecule has 2 aromatic rings. The fourth-order valence-corrected chi connectivity index (χ4v) is 3.93. The molecule has 0 saturated heterocycles. The minimum Gasteiger partial charge on any atom is -0.488 e. The molecule has 4 rings (SSSR count). The van der Waals surface area contributed by atoms with Crippen LogP contribution in [-0.4, -0.2) is 18.7 Å². The maximum Gasteiger partial charge on any atom is 0.332 e. The van der Waals surface area contributed by atoms with E-state index in [0.29, 0.717) is 12.5 Å². The number of benzene rings is 2. The first-order valence-electron chi connectivity index (χ1n) is 8.63. The lowest BCUT2D eigenvalue weighted by molar-refractivity contribution is -0.150. The van der Waals surface area contributed by atoms with Crippen LogP contribution in [0.2, 0.25) is 0 Å². The molecule has 5 heteroatoms. The van der Waals surface area contributed by atoms with Crippen molar-refractivity contribution < 1.29 is 19.0 Å². The highest BCUT2D eigenvalue weighted by Crippen LogP contribution is 2.46. The van der Waals surface area contributed by atoms with E-state index in [1.165, 1.54) is 5.56 Å². The van der Waals surface area contributed by atoms with Crippen LogP contribution in [0.5, 0.6) is 5.75 Å². The predicted molar refractivity (Wildman–Crippen MR) is 101 cm³/mol. The van der Waals surface area contributed by atoms with Gasteiger partial charge in [-0.1, -0.05) is 58.4 Å². The van der Waals surface area contributed by atoms with Crippen molar-refractivity contribution in [2.24, 2.45) is 0 Å². The van der Waals surface area contributed by atoms with Crippen LogP contribution >= 0.6 is 15.9 Å². The lowest BCUT2D eigenvalue weighted by Gasteiger charge is -2.11. The summed E-state index contributed by atoms with van der Waals surface area (Å²) in [5.41, 5.74) is 3.09. The van der Waals surface area contributed by atoms with Crippen LogP contribution in [0.15, 0.2) is 59.1 Å². The Labute approximate surface area is 160 Å². The van der Waals surface area contributed by atoms with Crippen LogP contribution in [0.4, 0.5) is 0 Å². The molecule has 1 heterocycles. The number of carbonyl (C=O) groups is 1. The standard InChI is InChI=1S/C21H19BrO4/c22-16-9-15(21-18(10-16)17-7-4-8-19(17)26-21)12-24-13-20(23)25-11-14-5-2-1-3-6-14/h1-7,9-10,17,19H,8,11-13H2/t17-,19-/m1/s1. The van der Waals surface area contributed by atoms with Crippen molar-refractivity contribution in [3.8, 4) is 5.75 Å². The van der Waals surface area contributed by atoms with Gasteiger partial charge in [0.05, 0.1) is 6.61 Å². The minimum absolute atomic E-state index is 0.0825. The van der Waals surface area contributed by atoms with Crippen LogP contribution < -0.4 is 4.74 Å². The van der Waals surface area contributed by atoms with E-state index in [4.69, 9.17) is 14.2 Å². The average molecular weight is 415 g/mol. The molecule has 2 atom stereocenters. The molecular weight excluding hydrogens is 396 g/mol. The summed E-state index contributed by atoms with van der Waals surface area (Å²) in [5.74, 6) is 0.837. The lowest BCUT2D eigenvalue weighted by Crippen LogP contribution is -2.13. The third-order valence-electron chi connectivity index (χ3n) is 4.62. The van der Waals surface area contributed by atoms with Gasteiger partial charge in [-0.15, -0.1) is 0 Å². The quantitative estimate of drug-likeness (QED) is 0.515. The van der Waals surface area contributed by atoms with Crippen LogP contribution in [0.3, 0.4) is 0 Å². The van der Waals surface area contributed by atoms with Crippen LogP contribution in [0.1, 0.15) is 29.0 Å². The Balaban J connectivity index is 1.33. The molecule has 26 heavy (non-hydrogen) atoms. The fourth-order valence-electron chi connectivity index (χ4n) is 3.40. The van der Waals surface area contributed by atoms with Gasteiger partial charge in [0.2, 0.25) is 0 Å². The van der Waals surface area contributed by atoms with Gasteiger partial charge in [0.15, 0.2) is 0 Å². The molecule has 2 aromatic carbocycles. The Hall–Kier alpha value is -2.11. The second kappa shape index (κ2) is 7.64. The Morgan fingerprint density at radius 1 is 1.19 bits per heavy atom. The van der Waals surface area contributed by atoms with Gasteiger partial charge in [-0.2, -0.15) is 0 Å². The van der Waals surface area contributed by atoms with E-state index in [9.17, 15) is 4.79 Å². The zero-order valence-electron chi connectivity index (χ0n) is 14.2. The Morgan fingerprint density at radius 2 is 2.04 bits per heavy atom. The first kappa shape index (κ1) is 17.3. The van der Waals surface area contributed by atoms with Crippen molar-refractivity contribution in [1.82, 2.24) is 0 Å². The van der Waals surface area contributed by atoms with E-state index in [-0.39, 0.29) is 25.3 Å². The SMILES string of the molecule is O=C(COCc1cc(Br)cc2c1O[C@@H]1CC=C[C@H]21)OCc1ccccc1. The normalized spacial score (nSPS) is 19.7. The maximum absolute atomic E-state index is 11.9. The molecule has 0 N–H and O–H groups in total. The van der Waals surface area contributed by atoms with E-state index < -0.39 is 0 Å². The van der Waals surface area contributed by atoms with Crippen molar-refractivity contribution in [2.45, 2.75) is 31.7 Å². The summed E-state index contributed by atoms with van der Waals surface area (Å²) < 4.78 is 17.9. The molecule has 0 fully saturated rings. The second-order valence-electron chi connectivity index (χ2n) is 6.47. The van der Waals surface area contributed by atoms with E-state index >= 15 is 0 Å². The van der Waals surface area contributed by atoms with E-state index in [2.05, 4.69) is 34.1 Å². The number of hydrogen-bond donors (Lipinski definition) is 0. The number of carbonyl (C=O) groups excluding carboxylic acids is 1. The van der Waals surface area contributed by atoms with E-state index in [1.54, 1.807) is 0 Å². The number of esters is 1.